The van der Waals surface area contributed by atoms with Crippen molar-refractivity contribution in [2.45, 2.75) is 26.2 Å². The second-order valence-corrected chi connectivity index (χ2v) is 7.68. The minimum absolute atomic E-state index is 0.827. The Hall–Kier alpha value is -3.11. The predicted octanol–water partition coefficient (Wildman–Crippen LogP) is 7.07. The molecule has 2 aliphatic rings. The van der Waals surface area contributed by atoms with Crippen LogP contribution < -0.4 is 0 Å². The largest absolute Gasteiger partial charge is 0.355 e. The van der Waals surface area contributed by atoms with E-state index in [9.17, 15) is 0 Å². The summed E-state index contributed by atoms with van der Waals surface area (Å²) < 4.78 is 0. The molecule has 152 valence electrons. The third kappa shape index (κ3) is 5.28. The van der Waals surface area contributed by atoms with Crippen molar-refractivity contribution in [2.75, 3.05) is 5.88 Å². The Morgan fingerprint density at radius 2 is 1.07 bits per heavy atom. The van der Waals surface area contributed by atoms with Crippen LogP contribution in [-0.2, 0) is 0 Å². The normalized spacial score (nSPS) is 11.9. The highest BCUT2D eigenvalue weighted by atomic mass is 35.5. The molecule has 0 unspecified atom stereocenters. The molecule has 5 rings (SSSR count). The van der Waals surface area contributed by atoms with Gasteiger partial charge in [0.25, 0.3) is 0 Å². The molecule has 0 fully saturated rings. The first-order chi connectivity index (χ1) is 14.7. The Kier molecular flexibility index (Phi) is 6.45. The van der Waals surface area contributed by atoms with E-state index < -0.39 is 0 Å². The Bertz CT molecular complexity index is 1140. The summed E-state index contributed by atoms with van der Waals surface area (Å²) in [6.07, 6.45) is 11.8. The van der Waals surface area contributed by atoms with Crippen molar-refractivity contribution in [3.8, 4) is 0 Å². The van der Waals surface area contributed by atoms with E-state index in [1.807, 2.05) is 42.5 Å². The summed E-state index contributed by atoms with van der Waals surface area (Å²) in [5.41, 5.74) is 7.86. The van der Waals surface area contributed by atoms with Gasteiger partial charge >= 0.3 is 0 Å². The molecular formula is C25H25ClN4. The van der Waals surface area contributed by atoms with E-state index >= 15 is 0 Å². The quantitative estimate of drug-likeness (QED) is 0.244. The van der Waals surface area contributed by atoms with Crippen LogP contribution in [0.2, 0.25) is 0 Å². The Morgan fingerprint density at radius 3 is 1.47 bits per heavy atom. The lowest BCUT2D eigenvalue weighted by Crippen LogP contribution is -1.77. The van der Waals surface area contributed by atoms with Crippen LogP contribution in [0.3, 0.4) is 0 Å². The zero-order valence-corrected chi connectivity index (χ0v) is 17.8. The average molecular weight is 417 g/mol. The number of alkyl halides is 1. The molecule has 3 aromatic heterocycles. The van der Waals surface area contributed by atoms with Crippen molar-refractivity contribution < 1.29 is 0 Å². The number of fused-ring (bicyclic) bond motifs is 8. The standard InChI is InChI=1S/C20H14N4.C5H11Cl/c1-2-14-10-16-5-6-18(23-16)12-20-8-7-19(24-20)11-17-4-3-15(22-17)9-13(1)21-14;1-2-3-4-5-6/h1-12,21-22H;2-5H2,1H3. The van der Waals surface area contributed by atoms with E-state index in [4.69, 9.17) is 11.6 Å². The summed E-state index contributed by atoms with van der Waals surface area (Å²) in [5.74, 6) is 0.827. The van der Waals surface area contributed by atoms with E-state index in [2.05, 4.69) is 57.2 Å². The van der Waals surface area contributed by atoms with Crippen LogP contribution in [0.15, 0.2) is 48.5 Å². The SMILES string of the molecule is C1=Cc2cc3ccc(cc4ccc(cc5nc(cc1n2)C=C5)[nH]4)[nH]3.CCCCCCl. The minimum atomic E-state index is 0.827. The molecule has 0 atom stereocenters. The van der Waals surface area contributed by atoms with Gasteiger partial charge in [0, 0.05) is 27.9 Å². The van der Waals surface area contributed by atoms with Crippen LogP contribution in [0.1, 0.15) is 49.0 Å². The van der Waals surface area contributed by atoms with Gasteiger partial charge in [0.15, 0.2) is 0 Å². The van der Waals surface area contributed by atoms with E-state index in [0.29, 0.717) is 0 Å². The molecule has 5 heteroatoms. The molecule has 0 saturated heterocycles. The highest BCUT2D eigenvalue weighted by Gasteiger charge is 2.02. The Morgan fingerprint density at radius 1 is 0.633 bits per heavy atom. The summed E-state index contributed by atoms with van der Waals surface area (Å²) in [5, 5.41) is 0. The van der Waals surface area contributed by atoms with Crippen LogP contribution in [0, 0.1) is 0 Å². The van der Waals surface area contributed by atoms with Crippen molar-refractivity contribution >= 4 is 58.0 Å². The van der Waals surface area contributed by atoms with Gasteiger partial charge in [-0.3, -0.25) is 0 Å². The summed E-state index contributed by atoms with van der Waals surface area (Å²) in [7, 11) is 0. The number of nitrogens with zero attached hydrogens (tertiary/aromatic N) is 2. The van der Waals surface area contributed by atoms with Crippen LogP contribution in [-0.4, -0.2) is 25.8 Å². The van der Waals surface area contributed by atoms with Gasteiger partial charge in [0.2, 0.25) is 0 Å². The average Bonchev–Trinajstić information content (AvgIpc) is 3.52. The molecule has 0 aromatic carbocycles. The lowest BCUT2D eigenvalue weighted by Gasteiger charge is -1.86. The van der Waals surface area contributed by atoms with Gasteiger partial charge in [-0.05, 0) is 79.3 Å². The first kappa shape index (κ1) is 20.2. The van der Waals surface area contributed by atoms with Gasteiger partial charge in [-0.1, -0.05) is 19.8 Å². The fourth-order valence-electron chi connectivity index (χ4n) is 3.29. The summed E-state index contributed by atoms with van der Waals surface area (Å²) in [4.78, 5) is 16.0. The van der Waals surface area contributed by atoms with Gasteiger partial charge in [0.1, 0.15) is 0 Å². The number of unbranched alkanes of at least 4 members (excludes halogenated alkanes) is 2. The molecule has 3 aromatic rings. The maximum Gasteiger partial charge on any atom is 0.0659 e. The molecule has 0 saturated carbocycles. The second kappa shape index (κ2) is 9.59. The molecule has 5 heterocycles. The number of aromatic amines is 2. The number of rotatable bonds is 3. The lowest BCUT2D eigenvalue weighted by atomic mass is 10.3. The predicted molar refractivity (Wildman–Crippen MR) is 129 cm³/mol. The summed E-state index contributed by atoms with van der Waals surface area (Å²) in [6, 6.07) is 16.4. The van der Waals surface area contributed by atoms with Crippen molar-refractivity contribution in [1.29, 1.82) is 0 Å². The number of aromatic nitrogens is 4. The number of hydrogen-bond donors (Lipinski definition) is 2. The van der Waals surface area contributed by atoms with Gasteiger partial charge < -0.3 is 9.97 Å². The van der Waals surface area contributed by atoms with Crippen LogP contribution in [0.25, 0.3) is 46.4 Å². The van der Waals surface area contributed by atoms with Gasteiger partial charge in [-0.25, -0.2) is 9.97 Å². The van der Waals surface area contributed by atoms with E-state index in [-0.39, 0.29) is 0 Å². The van der Waals surface area contributed by atoms with E-state index in [1.54, 1.807) is 0 Å². The molecule has 0 spiro atoms. The molecule has 2 aliphatic heterocycles. The number of hydrogen-bond acceptors (Lipinski definition) is 2. The number of halogens is 1. The Balaban J connectivity index is 0.000000322. The first-order valence-corrected chi connectivity index (χ1v) is 10.9. The third-order valence-corrected chi connectivity index (χ3v) is 5.05. The highest BCUT2D eigenvalue weighted by molar-refractivity contribution is 6.17. The van der Waals surface area contributed by atoms with Gasteiger partial charge in [-0.15, -0.1) is 11.6 Å². The topological polar surface area (TPSA) is 57.4 Å². The zero-order chi connectivity index (χ0) is 20.8. The Labute approximate surface area is 181 Å². The smallest absolute Gasteiger partial charge is 0.0659 e. The van der Waals surface area contributed by atoms with Crippen LogP contribution in [0.4, 0.5) is 0 Å². The maximum absolute atomic E-state index is 5.38. The molecule has 8 bridgehead atoms. The third-order valence-electron chi connectivity index (χ3n) is 4.78. The van der Waals surface area contributed by atoms with Crippen LogP contribution in [0.5, 0.6) is 0 Å². The van der Waals surface area contributed by atoms with Crippen LogP contribution >= 0.6 is 11.6 Å². The van der Waals surface area contributed by atoms with Crippen molar-refractivity contribution in [3.63, 3.8) is 0 Å². The minimum Gasteiger partial charge on any atom is -0.355 e. The van der Waals surface area contributed by atoms with E-state index in [0.717, 1.165) is 50.7 Å². The molecular weight excluding hydrogens is 392 g/mol. The molecule has 0 radical (unpaired) electrons. The molecule has 4 nitrogen and oxygen atoms in total. The molecule has 0 amide bonds. The summed E-state index contributed by atoms with van der Waals surface area (Å²) >= 11 is 5.38. The second-order valence-electron chi connectivity index (χ2n) is 7.30. The van der Waals surface area contributed by atoms with Crippen molar-refractivity contribution in [2.24, 2.45) is 0 Å². The lowest BCUT2D eigenvalue weighted by molar-refractivity contribution is 0.776. The van der Waals surface area contributed by atoms with Crippen molar-refractivity contribution in [1.82, 2.24) is 19.9 Å². The fourth-order valence-corrected chi connectivity index (χ4v) is 3.48. The van der Waals surface area contributed by atoms with Gasteiger partial charge in [-0.2, -0.15) is 0 Å². The molecule has 30 heavy (non-hydrogen) atoms. The zero-order valence-electron chi connectivity index (χ0n) is 17.0. The van der Waals surface area contributed by atoms with E-state index in [1.165, 1.54) is 19.3 Å². The molecule has 2 N–H and O–H groups in total. The maximum atomic E-state index is 5.38. The highest BCUT2D eigenvalue weighted by Crippen LogP contribution is 2.17. The van der Waals surface area contributed by atoms with Gasteiger partial charge in [0.05, 0.1) is 22.8 Å². The van der Waals surface area contributed by atoms with Crippen molar-refractivity contribution in [3.05, 3.63) is 71.3 Å². The monoisotopic (exact) mass is 416 g/mol. The number of nitrogens with one attached hydrogen (secondary N) is 2. The fraction of sp³-hybridized carbons (Fsp3) is 0.200. The number of H-pyrrole nitrogens is 2. The first-order valence-electron chi connectivity index (χ1n) is 10.3. The summed E-state index contributed by atoms with van der Waals surface area (Å²) in [6.45, 7) is 2.17. The molecule has 0 aliphatic carbocycles.